The Morgan fingerprint density at radius 3 is 2.67 bits per heavy atom. The molecule has 5 nitrogen and oxygen atoms in total. The van der Waals surface area contributed by atoms with Crippen molar-refractivity contribution in [2.24, 2.45) is 11.3 Å². The minimum Gasteiger partial charge on any atom is -0.379 e. The van der Waals surface area contributed by atoms with Gasteiger partial charge in [0.1, 0.15) is 0 Å². The quantitative estimate of drug-likeness (QED) is 0.676. The number of fused-ring (bicyclic) bond motifs is 1. The van der Waals surface area contributed by atoms with E-state index in [1.807, 2.05) is 0 Å². The average molecular weight is 252 g/mol. The van der Waals surface area contributed by atoms with E-state index in [4.69, 9.17) is 4.74 Å². The first-order valence-electron chi connectivity index (χ1n) is 6.68. The third-order valence-electron chi connectivity index (χ3n) is 4.40. The first-order chi connectivity index (χ1) is 8.49. The molecule has 3 rings (SSSR count). The van der Waals surface area contributed by atoms with Gasteiger partial charge < -0.3 is 15.0 Å². The van der Waals surface area contributed by atoms with Gasteiger partial charge >= 0.3 is 11.8 Å². The van der Waals surface area contributed by atoms with Crippen LogP contribution in [0, 0.1) is 11.3 Å². The molecule has 2 heterocycles. The van der Waals surface area contributed by atoms with Crippen LogP contribution in [0.2, 0.25) is 0 Å². The van der Waals surface area contributed by atoms with Gasteiger partial charge in [0, 0.05) is 18.5 Å². The second kappa shape index (κ2) is 3.95. The zero-order chi connectivity index (χ0) is 12.9. The Hall–Kier alpha value is -1.10. The summed E-state index contributed by atoms with van der Waals surface area (Å²) in [5.74, 6) is -0.469. The highest BCUT2D eigenvalue weighted by molar-refractivity contribution is 6.35. The van der Waals surface area contributed by atoms with Crippen molar-refractivity contribution in [1.82, 2.24) is 10.2 Å². The molecule has 0 spiro atoms. The molecule has 0 aromatic heterocycles. The summed E-state index contributed by atoms with van der Waals surface area (Å²) < 4.78 is 5.48. The van der Waals surface area contributed by atoms with Crippen molar-refractivity contribution in [1.29, 1.82) is 0 Å². The highest BCUT2D eigenvalue weighted by atomic mass is 16.5. The van der Waals surface area contributed by atoms with Gasteiger partial charge in [0.05, 0.1) is 19.3 Å². The molecule has 100 valence electrons. The van der Waals surface area contributed by atoms with E-state index >= 15 is 0 Å². The van der Waals surface area contributed by atoms with Crippen molar-refractivity contribution in [3.63, 3.8) is 0 Å². The van der Waals surface area contributed by atoms with Crippen LogP contribution in [0.15, 0.2) is 0 Å². The number of likely N-dealkylation sites (tertiary alicyclic amines) is 1. The molecular weight excluding hydrogens is 232 g/mol. The van der Waals surface area contributed by atoms with Gasteiger partial charge in [-0.05, 0) is 18.3 Å². The van der Waals surface area contributed by atoms with Crippen molar-refractivity contribution in [2.75, 3.05) is 19.8 Å². The van der Waals surface area contributed by atoms with Gasteiger partial charge in [0.2, 0.25) is 0 Å². The molecule has 2 amide bonds. The van der Waals surface area contributed by atoms with E-state index in [0.29, 0.717) is 25.7 Å². The third kappa shape index (κ3) is 1.90. The van der Waals surface area contributed by atoms with Crippen molar-refractivity contribution in [3.05, 3.63) is 0 Å². The zero-order valence-electron chi connectivity index (χ0n) is 10.9. The van der Waals surface area contributed by atoms with Crippen molar-refractivity contribution in [2.45, 2.75) is 38.8 Å². The van der Waals surface area contributed by atoms with Gasteiger partial charge in [-0.2, -0.15) is 0 Å². The highest BCUT2D eigenvalue weighted by Crippen LogP contribution is 2.43. The topological polar surface area (TPSA) is 58.6 Å². The van der Waals surface area contributed by atoms with Crippen LogP contribution in [0.1, 0.15) is 26.7 Å². The van der Waals surface area contributed by atoms with Crippen LogP contribution in [-0.2, 0) is 14.3 Å². The number of carbonyl (C=O) groups excluding carboxylic acids is 2. The second-order valence-electron chi connectivity index (χ2n) is 6.38. The van der Waals surface area contributed by atoms with Crippen LogP contribution in [-0.4, -0.2) is 48.6 Å². The minimum absolute atomic E-state index is 0.0384. The number of nitrogens with zero attached hydrogens (tertiary/aromatic N) is 1. The van der Waals surface area contributed by atoms with E-state index in [-0.39, 0.29) is 23.4 Å². The molecule has 1 aliphatic carbocycles. The van der Waals surface area contributed by atoms with Gasteiger partial charge in [-0.25, -0.2) is 0 Å². The van der Waals surface area contributed by atoms with Crippen LogP contribution < -0.4 is 5.32 Å². The molecule has 0 unspecified atom stereocenters. The van der Waals surface area contributed by atoms with Crippen LogP contribution >= 0.6 is 0 Å². The van der Waals surface area contributed by atoms with Crippen LogP contribution in [0.25, 0.3) is 0 Å². The fraction of sp³-hybridized carbons (Fsp3) is 0.846. The molecular formula is C13H20N2O3. The van der Waals surface area contributed by atoms with Crippen molar-refractivity contribution >= 4 is 11.8 Å². The first-order valence-corrected chi connectivity index (χ1v) is 6.68. The summed E-state index contributed by atoms with van der Waals surface area (Å²) in [5.41, 5.74) is 0.0384. The molecule has 3 fully saturated rings. The van der Waals surface area contributed by atoms with Gasteiger partial charge in [0.25, 0.3) is 0 Å². The summed E-state index contributed by atoms with van der Waals surface area (Å²) in [6, 6.07) is 0.310. The molecule has 2 saturated heterocycles. The minimum atomic E-state index is -0.444. The number of hydrogen-bond donors (Lipinski definition) is 1. The lowest BCUT2D eigenvalue weighted by atomic mass is 9.80. The normalized spacial score (nSPS) is 33.3. The van der Waals surface area contributed by atoms with Crippen molar-refractivity contribution in [3.8, 4) is 0 Å². The Kier molecular flexibility index (Phi) is 2.62. The maximum atomic E-state index is 12.2. The number of rotatable bonds is 1. The summed E-state index contributed by atoms with van der Waals surface area (Å²) in [5, 5.41) is 2.77. The lowest BCUT2D eigenvalue weighted by Gasteiger charge is -2.23. The molecule has 2 aliphatic heterocycles. The zero-order valence-corrected chi connectivity index (χ0v) is 10.9. The number of ether oxygens (including phenoxy) is 1. The second-order valence-corrected chi connectivity index (χ2v) is 6.38. The number of nitrogens with one attached hydrogen (secondary N) is 1. The van der Waals surface area contributed by atoms with Crippen LogP contribution in [0.4, 0.5) is 0 Å². The lowest BCUT2D eigenvalue weighted by Crippen LogP contribution is -2.47. The van der Waals surface area contributed by atoms with Gasteiger partial charge in [0.15, 0.2) is 0 Å². The van der Waals surface area contributed by atoms with E-state index < -0.39 is 5.91 Å². The van der Waals surface area contributed by atoms with E-state index in [2.05, 4.69) is 19.2 Å². The molecule has 2 atom stereocenters. The lowest BCUT2D eigenvalue weighted by molar-refractivity contribution is -0.146. The molecule has 1 N–H and O–H groups in total. The third-order valence-corrected chi connectivity index (χ3v) is 4.40. The average Bonchev–Trinajstić information content (AvgIpc) is 2.90. The Labute approximate surface area is 107 Å². The summed E-state index contributed by atoms with van der Waals surface area (Å²) in [4.78, 5) is 25.8. The Morgan fingerprint density at radius 1 is 1.28 bits per heavy atom. The molecule has 0 aromatic carbocycles. The van der Waals surface area contributed by atoms with Crippen LogP contribution in [0.3, 0.4) is 0 Å². The SMILES string of the molecule is CC1(C)CN(C(=O)C(=O)NC2CC2)[C@@H]2COC[C@@H]21. The maximum Gasteiger partial charge on any atom is 0.312 e. The van der Waals surface area contributed by atoms with Gasteiger partial charge in [-0.3, -0.25) is 9.59 Å². The van der Waals surface area contributed by atoms with E-state index in [9.17, 15) is 9.59 Å². The molecule has 0 bridgehead atoms. The van der Waals surface area contributed by atoms with Crippen LogP contribution in [0.5, 0.6) is 0 Å². The predicted molar refractivity (Wildman–Crippen MR) is 64.8 cm³/mol. The van der Waals surface area contributed by atoms with E-state index in [1.165, 1.54) is 0 Å². The monoisotopic (exact) mass is 252 g/mol. The first kappa shape index (κ1) is 12.0. The maximum absolute atomic E-state index is 12.2. The Morgan fingerprint density at radius 2 is 2.00 bits per heavy atom. The van der Waals surface area contributed by atoms with Gasteiger partial charge in [-0.15, -0.1) is 0 Å². The molecule has 3 aliphatic rings. The van der Waals surface area contributed by atoms with Gasteiger partial charge in [-0.1, -0.05) is 13.8 Å². The summed E-state index contributed by atoms with van der Waals surface area (Å²) in [6.07, 6.45) is 2.00. The Balaban J connectivity index is 1.71. The summed E-state index contributed by atoms with van der Waals surface area (Å²) in [7, 11) is 0. The Bertz CT molecular complexity index is 390. The molecule has 0 aromatic rings. The van der Waals surface area contributed by atoms with Crippen molar-refractivity contribution < 1.29 is 14.3 Å². The molecule has 5 heteroatoms. The predicted octanol–water partition coefficient (Wildman–Crippen LogP) is 0.148. The smallest absolute Gasteiger partial charge is 0.312 e. The molecule has 1 saturated carbocycles. The summed E-state index contributed by atoms with van der Waals surface area (Å²) in [6.45, 7) is 6.21. The number of carbonyl (C=O) groups is 2. The highest BCUT2D eigenvalue weighted by Gasteiger charge is 2.52. The fourth-order valence-corrected chi connectivity index (χ4v) is 3.10. The molecule has 18 heavy (non-hydrogen) atoms. The standard InChI is InChI=1S/C13H20N2O3/c1-13(2)7-15(10-6-18-5-9(10)13)12(17)11(16)14-8-3-4-8/h8-10H,3-7H2,1-2H3,(H,14,16)/t9-,10+/m0/s1. The van der Waals surface area contributed by atoms with E-state index in [0.717, 1.165) is 12.8 Å². The fourth-order valence-electron chi connectivity index (χ4n) is 3.10. The number of hydrogen-bond acceptors (Lipinski definition) is 3. The van der Waals surface area contributed by atoms with E-state index in [1.54, 1.807) is 4.90 Å². The largest absolute Gasteiger partial charge is 0.379 e. The summed E-state index contributed by atoms with van der Waals surface area (Å²) >= 11 is 0. The number of amides is 2. The molecule has 0 radical (unpaired) electrons.